The molecular formula is C26H38ClN5O3. The van der Waals surface area contributed by atoms with Crippen molar-refractivity contribution in [2.24, 2.45) is 11.8 Å². The van der Waals surface area contributed by atoms with E-state index >= 15 is 0 Å². The molecule has 1 saturated carbocycles. The van der Waals surface area contributed by atoms with Gasteiger partial charge in [-0.05, 0) is 43.9 Å². The molecule has 9 heteroatoms. The molecule has 1 aromatic carbocycles. The second-order valence-corrected chi connectivity index (χ2v) is 10.4. The number of hydrogen-bond donors (Lipinski definition) is 2. The summed E-state index contributed by atoms with van der Waals surface area (Å²) in [4.78, 5) is 44.3. The van der Waals surface area contributed by atoms with Crippen LogP contribution in [0.4, 0.5) is 10.5 Å². The number of halogens is 1. The molecule has 3 atom stereocenters. The third-order valence-electron chi connectivity index (χ3n) is 7.62. The van der Waals surface area contributed by atoms with E-state index in [0.29, 0.717) is 32.4 Å². The van der Waals surface area contributed by atoms with Crippen LogP contribution < -0.4 is 15.5 Å². The first-order chi connectivity index (χ1) is 17.0. The highest BCUT2D eigenvalue weighted by Gasteiger charge is 2.45. The molecule has 35 heavy (non-hydrogen) atoms. The monoisotopic (exact) mass is 503 g/mol. The van der Waals surface area contributed by atoms with Crippen LogP contribution in [0.25, 0.3) is 0 Å². The molecule has 1 aliphatic carbocycles. The quantitative estimate of drug-likeness (QED) is 0.506. The van der Waals surface area contributed by atoms with Gasteiger partial charge < -0.3 is 15.5 Å². The number of carbonyl (C=O) groups excluding carboxylic acids is 3. The van der Waals surface area contributed by atoms with Gasteiger partial charge >= 0.3 is 6.03 Å². The van der Waals surface area contributed by atoms with Crippen molar-refractivity contribution >= 4 is 35.1 Å². The molecule has 4 rings (SSSR count). The van der Waals surface area contributed by atoms with Crippen LogP contribution in [0.2, 0.25) is 5.02 Å². The molecule has 4 amide bonds. The SMILES string of the molecule is CCCCCN1C(=O)NC2CC(C(=O)NCCN3CCN(c4cccc(Cl)c4)CC3)CCC2C1=O. The van der Waals surface area contributed by atoms with E-state index in [4.69, 9.17) is 11.6 Å². The number of anilines is 1. The molecule has 3 fully saturated rings. The van der Waals surface area contributed by atoms with E-state index in [-0.39, 0.29) is 35.7 Å². The Balaban J connectivity index is 1.17. The highest BCUT2D eigenvalue weighted by Crippen LogP contribution is 2.33. The summed E-state index contributed by atoms with van der Waals surface area (Å²) in [5, 5.41) is 6.85. The van der Waals surface area contributed by atoms with Crippen LogP contribution >= 0.6 is 11.6 Å². The first kappa shape index (κ1) is 25.8. The van der Waals surface area contributed by atoms with Gasteiger partial charge in [-0.2, -0.15) is 0 Å². The zero-order valence-corrected chi connectivity index (χ0v) is 21.4. The molecule has 2 N–H and O–H groups in total. The van der Waals surface area contributed by atoms with Crippen molar-refractivity contribution in [3.8, 4) is 0 Å². The lowest BCUT2D eigenvalue weighted by atomic mass is 9.76. The summed E-state index contributed by atoms with van der Waals surface area (Å²) in [6.45, 7) is 7.76. The van der Waals surface area contributed by atoms with E-state index in [1.165, 1.54) is 4.90 Å². The molecule has 0 bridgehead atoms. The van der Waals surface area contributed by atoms with Gasteiger partial charge in [0.25, 0.3) is 0 Å². The number of urea groups is 1. The molecule has 0 spiro atoms. The lowest BCUT2D eigenvalue weighted by molar-refractivity contribution is -0.139. The predicted octanol–water partition coefficient (Wildman–Crippen LogP) is 3.11. The average Bonchev–Trinajstić information content (AvgIpc) is 2.86. The van der Waals surface area contributed by atoms with E-state index in [1.54, 1.807) is 0 Å². The summed E-state index contributed by atoms with van der Waals surface area (Å²) in [7, 11) is 0. The van der Waals surface area contributed by atoms with Crippen LogP contribution in [0.15, 0.2) is 24.3 Å². The lowest BCUT2D eigenvalue weighted by Gasteiger charge is -2.42. The Hall–Kier alpha value is -2.32. The Kier molecular flexibility index (Phi) is 8.89. The van der Waals surface area contributed by atoms with E-state index in [1.807, 2.05) is 18.2 Å². The van der Waals surface area contributed by atoms with Crippen molar-refractivity contribution in [3.63, 3.8) is 0 Å². The number of fused-ring (bicyclic) bond motifs is 1. The molecule has 0 radical (unpaired) electrons. The van der Waals surface area contributed by atoms with Gasteiger partial charge in [0.2, 0.25) is 11.8 Å². The molecule has 0 aromatic heterocycles. The number of hydrogen-bond acceptors (Lipinski definition) is 5. The number of imide groups is 1. The maximum Gasteiger partial charge on any atom is 0.324 e. The number of nitrogens with one attached hydrogen (secondary N) is 2. The number of rotatable bonds is 9. The number of nitrogens with zero attached hydrogens (tertiary/aromatic N) is 3. The van der Waals surface area contributed by atoms with Crippen molar-refractivity contribution in [3.05, 3.63) is 29.3 Å². The number of unbranched alkanes of at least 4 members (excludes halogenated alkanes) is 2. The molecule has 2 aliphatic heterocycles. The smallest absolute Gasteiger partial charge is 0.324 e. The van der Waals surface area contributed by atoms with Gasteiger partial charge in [0.05, 0.1) is 5.92 Å². The van der Waals surface area contributed by atoms with E-state index in [9.17, 15) is 14.4 Å². The Bertz CT molecular complexity index is 905. The van der Waals surface area contributed by atoms with Crippen LogP contribution in [-0.2, 0) is 9.59 Å². The second kappa shape index (κ2) is 12.1. The van der Waals surface area contributed by atoms with Crippen LogP contribution in [0.5, 0.6) is 0 Å². The fourth-order valence-corrected chi connectivity index (χ4v) is 5.70. The Morgan fingerprint density at radius 3 is 2.66 bits per heavy atom. The van der Waals surface area contributed by atoms with Crippen molar-refractivity contribution in [2.45, 2.75) is 51.5 Å². The minimum atomic E-state index is -0.301. The van der Waals surface area contributed by atoms with E-state index in [2.05, 4.69) is 33.4 Å². The molecule has 2 saturated heterocycles. The first-order valence-corrected chi connectivity index (χ1v) is 13.5. The summed E-state index contributed by atoms with van der Waals surface area (Å²) in [5.41, 5.74) is 1.15. The molecular weight excluding hydrogens is 466 g/mol. The molecule has 2 heterocycles. The third kappa shape index (κ3) is 6.47. The summed E-state index contributed by atoms with van der Waals surface area (Å²) in [6.07, 6.45) is 4.77. The van der Waals surface area contributed by atoms with Gasteiger partial charge in [-0.3, -0.25) is 19.4 Å². The highest BCUT2D eigenvalue weighted by atomic mass is 35.5. The predicted molar refractivity (Wildman–Crippen MR) is 138 cm³/mol. The highest BCUT2D eigenvalue weighted by molar-refractivity contribution is 6.30. The number of carbonyl (C=O) groups is 3. The molecule has 1 aromatic rings. The number of benzene rings is 1. The summed E-state index contributed by atoms with van der Waals surface area (Å²) < 4.78 is 0. The largest absolute Gasteiger partial charge is 0.369 e. The van der Waals surface area contributed by atoms with Gasteiger partial charge in [0.1, 0.15) is 0 Å². The summed E-state index contributed by atoms with van der Waals surface area (Å²) >= 11 is 6.12. The number of piperazine rings is 1. The van der Waals surface area contributed by atoms with Crippen molar-refractivity contribution in [2.75, 3.05) is 50.7 Å². The average molecular weight is 504 g/mol. The topological polar surface area (TPSA) is 85.0 Å². The van der Waals surface area contributed by atoms with Crippen LogP contribution in [-0.4, -0.2) is 79.5 Å². The van der Waals surface area contributed by atoms with Gasteiger partial charge in [-0.1, -0.05) is 37.4 Å². The van der Waals surface area contributed by atoms with E-state index < -0.39 is 0 Å². The van der Waals surface area contributed by atoms with Crippen LogP contribution in [0.3, 0.4) is 0 Å². The molecule has 3 aliphatic rings. The molecule has 192 valence electrons. The maximum atomic E-state index is 12.9. The minimum Gasteiger partial charge on any atom is -0.369 e. The van der Waals surface area contributed by atoms with Gasteiger partial charge in [0, 0.05) is 68.5 Å². The van der Waals surface area contributed by atoms with Crippen molar-refractivity contribution < 1.29 is 14.4 Å². The third-order valence-corrected chi connectivity index (χ3v) is 7.85. The van der Waals surface area contributed by atoms with Crippen molar-refractivity contribution in [1.29, 1.82) is 0 Å². The minimum absolute atomic E-state index is 0.0353. The standard InChI is InChI=1S/C26H38ClN5O3/c1-2-3-4-11-32-25(34)22-9-8-19(17-23(22)29-26(32)35)24(33)28-10-12-30-13-15-31(16-14-30)21-7-5-6-20(27)18-21/h5-7,18-19,22-23H,2-4,8-17H2,1H3,(H,28,33)(H,29,35). The van der Waals surface area contributed by atoms with Gasteiger partial charge in [0.15, 0.2) is 0 Å². The second-order valence-electron chi connectivity index (χ2n) is 9.97. The van der Waals surface area contributed by atoms with Gasteiger partial charge in [-0.15, -0.1) is 0 Å². The van der Waals surface area contributed by atoms with Gasteiger partial charge in [-0.25, -0.2) is 4.79 Å². The lowest BCUT2D eigenvalue weighted by Crippen LogP contribution is -2.62. The first-order valence-electron chi connectivity index (χ1n) is 13.1. The normalized spacial score (nSPS) is 25.3. The van der Waals surface area contributed by atoms with E-state index in [0.717, 1.165) is 62.7 Å². The van der Waals surface area contributed by atoms with Crippen LogP contribution in [0.1, 0.15) is 45.4 Å². The number of amides is 4. The van der Waals surface area contributed by atoms with Crippen molar-refractivity contribution in [1.82, 2.24) is 20.4 Å². The Morgan fingerprint density at radius 1 is 1.11 bits per heavy atom. The summed E-state index contributed by atoms with van der Waals surface area (Å²) in [6, 6.07) is 7.42. The maximum absolute atomic E-state index is 12.9. The van der Waals surface area contributed by atoms with Crippen LogP contribution in [0, 0.1) is 11.8 Å². The zero-order chi connectivity index (χ0) is 24.8. The zero-order valence-electron chi connectivity index (χ0n) is 20.7. The fraction of sp³-hybridized carbons (Fsp3) is 0.654. The fourth-order valence-electron chi connectivity index (χ4n) is 5.52. The molecule has 8 nitrogen and oxygen atoms in total. The molecule has 3 unspecified atom stereocenters. The Labute approximate surface area is 213 Å². The summed E-state index contributed by atoms with van der Waals surface area (Å²) in [5.74, 6) is -0.386. The Morgan fingerprint density at radius 2 is 1.91 bits per heavy atom.